The molecule has 1 atom stereocenters. The molecule has 1 nitrogen and oxygen atoms in total. The van der Waals surface area contributed by atoms with Crippen LogP contribution in [0.15, 0.2) is 28.7 Å². The lowest BCUT2D eigenvalue weighted by atomic mass is 9.73. The van der Waals surface area contributed by atoms with Crippen molar-refractivity contribution in [1.82, 2.24) is 5.32 Å². The summed E-state index contributed by atoms with van der Waals surface area (Å²) in [6.07, 6.45) is 2.69. The maximum atomic E-state index is 3.72. The smallest absolute Gasteiger partial charge is 0.0294 e. The van der Waals surface area contributed by atoms with Crippen molar-refractivity contribution in [2.24, 2.45) is 11.8 Å². The Morgan fingerprint density at radius 2 is 1.71 bits per heavy atom. The van der Waals surface area contributed by atoms with Crippen molar-refractivity contribution in [2.75, 3.05) is 0 Å². The second-order valence-corrected chi connectivity index (χ2v) is 6.53. The van der Waals surface area contributed by atoms with Crippen LogP contribution in [0.4, 0.5) is 0 Å². The summed E-state index contributed by atoms with van der Waals surface area (Å²) in [7, 11) is 0. The van der Waals surface area contributed by atoms with Crippen molar-refractivity contribution in [3.8, 4) is 0 Å². The molecule has 1 saturated carbocycles. The standard InChI is InChI=1S/C15H22BrN/c1-10(2)13-8-15(9-13)17-11(3)12-4-6-14(16)7-5-12/h4-7,10-11,13,15,17H,8-9H2,1-3H3. The van der Waals surface area contributed by atoms with Gasteiger partial charge in [0.2, 0.25) is 0 Å². The van der Waals surface area contributed by atoms with Gasteiger partial charge in [0.15, 0.2) is 0 Å². The lowest BCUT2D eigenvalue weighted by Gasteiger charge is -2.40. The second kappa shape index (κ2) is 5.53. The van der Waals surface area contributed by atoms with Gasteiger partial charge < -0.3 is 5.32 Å². The Morgan fingerprint density at radius 3 is 2.24 bits per heavy atom. The summed E-state index contributed by atoms with van der Waals surface area (Å²) in [5, 5.41) is 3.72. The van der Waals surface area contributed by atoms with Gasteiger partial charge in [0.05, 0.1) is 0 Å². The maximum Gasteiger partial charge on any atom is 0.0294 e. The third-order valence-corrected chi connectivity index (χ3v) is 4.50. The van der Waals surface area contributed by atoms with E-state index >= 15 is 0 Å². The van der Waals surface area contributed by atoms with Gasteiger partial charge in [-0.15, -0.1) is 0 Å². The molecule has 1 fully saturated rings. The minimum absolute atomic E-state index is 0.459. The van der Waals surface area contributed by atoms with Gasteiger partial charge in [-0.3, -0.25) is 0 Å². The average molecular weight is 296 g/mol. The van der Waals surface area contributed by atoms with Crippen LogP contribution >= 0.6 is 15.9 Å². The minimum atomic E-state index is 0.459. The fraction of sp³-hybridized carbons (Fsp3) is 0.600. The molecule has 2 rings (SSSR count). The summed E-state index contributed by atoms with van der Waals surface area (Å²) < 4.78 is 1.15. The monoisotopic (exact) mass is 295 g/mol. The van der Waals surface area contributed by atoms with E-state index in [1.54, 1.807) is 0 Å². The summed E-state index contributed by atoms with van der Waals surface area (Å²) >= 11 is 3.47. The SMILES string of the molecule is CC(NC1CC(C(C)C)C1)c1ccc(Br)cc1. The Bertz CT molecular complexity index is 352. The van der Waals surface area contributed by atoms with Gasteiger partial charge in [0.1, 0.15) is 0 Å². The molecule has 17 heavy (non-hydrogen) atoms. The lowest BCUT2D eigenvalue weighted by Crippen LogP contribution is -2.43. The van der Waals surface area contributed by atoms with E-state index in [2.05, 4.69) is 66.3 Å². The van der Waals surface area contributed by atoms with Crippen molar-refractivity contribution >= 4 is 15.9 Å². The fourth-order valence-corrected chi connectivity index (χ4v) is 2.81. The summed E-state index contributed by atoms with van der Waals surface area (Å²) in [4.78, 5) is 0. The Balaban J connectivity index is 1.82. The van der Waals surface area contributed by atoms with E-state index in [0.717, 1.165) is 22.4 Å². The Labute approximate surface area is 113 Å². The van der Waals surface area contributed by atoms with Crippen molar-refractivity contribution < 1.29 is 0 Å². The van der Waals surface area contributed by atoms with Crippen LogP contribution in [0.5, 0.6) is 0 Å². The first kappa shape index (κ1) is 13.1. The molecule has 1 aliphatic carbocycles. The van der Waals surface area contributed by atoms with Crippen LogP contribution < -0.4 is 5.32 Å². The van der Waals surface area contributed by atoms with Gasteiger partial charge >= 0.3 is 0 Å². The Morgan fingerprint density at radius 1 is 1.12 bits per heavy atom. The minimum Gasteiger partial charge on any atom is -0.307 e. The largest absolute Gasteiger partial charge is 0.307 e. The van der Waals surface area contributed by atoms with Gasteiger partial charge in [-0.05, 0) is 49.3 Å². The molecule has 94 valence electrons. The highest BCUT2D eigenvalue weighted by Crippen LogP contribution is 2.34. The first-order valence-electron chi connectivity index (χ1n) is 6.57. The predicted molar refractivity (Wildman–Crippen MR) is 77.0 cm³/mol. The van der Waals surface area contributed by atoms with E-state index in [0.29, 0.717) is 6.04 Å². The molecule has 0 amide bonds. The number of hydrogen-bond acceptors (Lipinski definition) is 1. The van der Waals surface area contributed by atoms with Gasteiger partial charge in [-0.25, -0.2) is 0 Å². The number of hydrogen-bond donors (Lipinski definition) is 1. The van der Waals surface area contributed by atoms with Crippen LogP contribution in [0.1, 0.15) is 45.2 Å². The molecule has 1 N–H and O–H groups in total. The van der Waals surface area contributed by atoms with Gasteiger partial charge in [0, 0.05) is 16.6 Å². The van der Waals surface area contributed by atoms with Crippen LogP contribution in [0, 0.1) is 11.8 Å². The Kier molecular flexibility index (Phi) is 4.26. The summed E-state index contributed by atoms with van der Waals surface area (Å²) in [6, 6.07) is 9.80. The van der Waals surface area contributed by atoms with E-state index in [1.807, 2.05) is 0 Å². The molecule has 1 aliphatic rings. The van der Waals surface area contributed by atoms with E-state index in [4.69, 9.17) is 0 Å². The molecule has 0 spiro atoms. The molecule has 0 radical (unpaired) electrons. The molecule has 0 aliphatic heterocycles. The first-order chi connectivity index (χ1) is 8.06. The number of halogens is 1. The second-order valence-electron chi connectivity index (χ2n) is 5.61. The summed E-state index contributed by atoms with van der Waals surface area (Å²) in [5.41, 5.74) is 1.38. The van der Waals surface area contributed by atoms with Crippen molar-refractivity contribution in [3.63, 3.8) is 0 Å². The summed E-state index contributed by atoms with van der Waals surface area (Å²) in [6.45, 7) is 6.92. The van der Waals surface area contributed by atoms with Gasteiger partial charge in [-0.1, -0.05) is 41.9 Å². The zero-order valence-electron chi connectivity index (χ0n) is 10.9. The molecule has 0 aromatic heterocycles. The van der Waals surface area contributed by atoms with Crippen LogP contribution in [0.25, 0.3) is 0 Å². The average Bonchev–Trinajstić information content (AvgIpc) is 2.23. The zero-order chi connectivity index (χ0) is 12.4. The highest BCUT2D eigenvalue weighted by molar-refractivity contribution is 9.10. The number of benzene rings is 1. The molecular weight excluding hydrogens is 274 g/mol. The van der Waals surface area contributed by atoms with Crippen LogP contribution in [-0.2, 0) is 0 Å². The normalized spacial score (nSPS) is 25.7. The molecule has 0 saturated heterocycles. The van der Waals surface area contributed by atoms with E-state index in [-0.39, 0.29) is 0 Å². The fourth-order valence-electron chi connectivity index (χ4n) is 2.54. The molecule has 1 aromatic carbocycles. The number of nitrogens with one attached hydrogen (secondary N) is 1. The van der Waals surface area contributed by atoms with Crippen LogP contribution in [0.2, 0.25) is 0 Å². The lowest BCUT2D eigenvalue weighted by molar-refractivity contribution is 0.159. The van der Waals surface area contributed by atoms with Crippen molar-refractivity contribution in [3.05, 3.63) is 34.3 Å². The molecular formula is C15H22BrN. The maximum absolute atomic E-state index is 3.72. The molecule has 1 aromatic rings. The summed E-state index contributed by atoms with van der Waals surface area (Å²) in [5.74, 6) is 1.78. The molecule has 1 unspecified atom stereocenters. The van der Waals surface area contributed by atoms with Gasteiger partial charge in [-0.2, -0.15) is 0 Å². The highest BCUT2D eigenvalue weighted by Gasteiger charge is 2.31. The van der Waals surface area contributed by atoms with Crippen LogP contribution in [-0.4, -0.2) is 6.04 Å². The van der Waals surface area contributed by atoms with Crippen LogP contribution in [0.3, 0.4) is 0 Å². The molecule has 2 heteroatoms. The third-order valence-electron chi connectivity index (χ3n) is 3.97. The predicted octanol–water partition coefficient (Wildman–Crippen LogP) is 4.53. The highest BCUT2D eigenvalue weighted by atomic mass is 79.9. The number of rotatable bonds is 4. The zero-order valence-corrected chi connectivity index (χ0v) is 12.5. The Hall–Kier alpha value is -0.340. The van der Waals surface area contributed by atoms with E-state index in [9.17, 15) is 0 Å². The van der Waals surface area contributed by atoms with Gasteiger partial charge in [0.25, 0.3) is 0 Å². The first-order valence-corrected chi connectivity index (χ1v) is 7.37. The molecule has 0 heterocycles. The third kappa shape index (κ3) is 3.32. The van der Waals surface area contributed by atoms with E-state index < -0.39 is 0 Å². The van der Waals surface area contributed by atoms with E-state index in [1.165, 1.54) is 18.4 Å². The van der Waals surface area contributed by atoms with Crippen molar-refractivity contribution in [2.45, 2.75) is 45.7 Å². The van der Waals surface area contributed by atoms with Crippen molar-refractivity contribution in [1.29, 1.82) is 0 Å². The molecule has 0 bridgehead atoms. The topological polar surface area (TPSA) is 12.0 Å². The quantitative estimate of drug-likeness (QED) is 0.860.